The highest BCUT2D eigenvalue weighted by Crippen LogP contribution is 2.16. The average molecular weight is 389 g/mol. The lowest BCUT2D eigenvalue weighted by atomic mass is 10.2. The van der Waals surface area contributed by atoms with Crippen molar-refractivity contribution in [1.82, 2.24) is 20.0 Å². The van der Waals surface area contributed by atoms with Crippen LogP contribution >= 0.6 is 0 Å². The Morgan fingerprint density at radius 2 is 1.71 bits per heavy atom. The van der Waals surface area contributed by atoms with Crippen LogP contribution in [0, 0.1) is 6.92 Å². The third-order valence-electron chi connectivity index (χ3n) is 5.43. The molecule has 2 saturated heterocycles. The first-order valence-electron chi connectivity index (χ1n) is 10.3. The van der Waals surface area contributed by atoms with Crippen LogP contribution in [0.15, 0.2) is 24.3 Å². The standard InChI is InChI=1S/C21H32N4O3/c1-17-7-3-4-8-19(17)28-16-18(2)22-21(27)25-13-11-23(12-14-25)15-20(26)24-9-5-6-10-24/h3-4,7-8,18H,5-6,9-16H2,1-2H3,(H,22,27)/t18-/m1/s1. The Hall–Kier alpha value is -2.28. The van der Waals surface area contributed by atoms with Gasteiger partial charge in [-0.15, -0.1) is 0 Å². The number of carbonyl (C=O) groups excluding carboxylic acids is 2. The van der Waals surface area contributed by atoms with E-state index in [9.17, 15) is 9.59 Å². The first-order valence-corrected chi connectivity index (χ1v) is 10.3. The fraction of sp³-hybridized carbons (Fsp3) is 0.619. The molecule has 2 aliphatic heterocycles. The highest BCUT2D eigenvalue weighted by atomic mass is 16.5. The number of hydrogen-bond donors (Lipinski definition) is 1. The molecule has 3 rings (SSSR count). The average Bonchev–Trinajstić information content (AvgIpc) is 3.23. The fourth-order valence-corrected chi connectivity index (χ4v) is 3.64. The predicted molar refractivity (Wildman–Crippen MR) is 108 cm³/mol. The lowest BCUT2D eigenvalue weighted by Crippen LogP contribution is -2.55. The van der Waals surface area contributed by atoms with Gasteiger partial charge in [-0.1, -0.05) is 18.2 Å². The molecular weight excluding hydrogens is 356 g/mol. The molecule has 28 heavy (non-hydrogen) atoms. The SMILES string of the molecule is Cc1ccccc1OC[C@@H](C)NC(=O)N1CCN(CC(=O)N2CCCC2)CC1. The van der Waals surface area contributed by atoms with E-state index in [4.69, 9.17) is 4.74 Å². The van der Waals surface area contributed by atoms with Crippen molar-refractivity contribution in [2.45, 2.75) is 32.7 Å². The Labute approximate surface area is 167 Å². The van der Waals surface area contributed by atoms with E-state index in [0.29, 0.717) is 26.2 Å². The molecule has 7 nitrogen and oxygen atoms in total. The first-order chi connectivity index (χ1) is 13.5. The van der Waals surface area contributed by atoms with Crippen LogP contribution in [-0.4, -0.2) is 85.1 Å². The number of hydrogen-bond acceptors (Lipinski definition) is 4. The molecule has 0 spiro atoms. The van der Waals surface area contributed by atoms with Crippen molar-refractivity contribution in [2.24, 2.45) is 0 Å². The second kappa shape index (κ2) is 9.78. The Morgan fingerprint density at radius 3 is 2.39 bits per heavy atom. The van der Waals surface area contributed by atoms with Crippen molar-refractivity contribution >= 4 is 11.9 Å². The minimum atomic E-state index is -0.0816. The van der Waals surface area contributed by atoms with E-state index in [-0.39, 0.29) is 18.0 Å². The summed E-state index contributed by atoms with van der Waals surface area (Å²) >= 11 is 0. The number of amides is 3. The molecule has 0 unspecified atom stereocenters. The molecule has 7 heteroatoms. The number of carbonyl (C=O) groups is 2. The second-order valence-electron chi connectivity index (χ2n) is 7.78. The third-order valence-corrected chi connectivity index (χ3v) is 5.43. The van der Waals surface area contributed by atoms with Gasteiger partial charge in [-0.3, -0.25) is 9.69 Å². The summed E-state index contributed by atoms with van der Waals surface area (Å²) in [6.07, 6.45) is 2.23. The van der Waals surface area contributed by atoms with Gasteiger partial charge in [-0.2, -0.15) is 0 Å². The van der Waals surface area contributed by atoms with Gasteiger partial charge in [0.15, 0.2) is 0 Å². The highest BCUT2D eigenvalue weighted by Gasteiger charge is 2.25. The summed E-state index contributed by atoms with van der Waals surface area (Å²) < 4.78 is 5.81. The van der Waals surface area contributed by atoms with Gasteiger partial charge in [0, 0.05) is 39.3 Å². The Kier molecular flexibility index (Phi) is 7.14. The number of aryl methyl sites for hydroxylation is 1. The van der Waals surface area contributed by atoms with E-state index in [1.165, 1.54) is 0 Å². The maximum atomic E-state index is 12.5. The van der Waals surface area contributed by atoms with E-state index in [1.54, 1.807) is 0 Å². The Balaban J connectivity index is 1.36. The maximum Gasteiger partial charge on any atom is 0.317 e. The van der Waals surface area contributed by atoms with E-state index in [2.05, 4.69) is 10.2 Å². The number of nitrogens with zero attached hydrogens (tertiary/aromatic N) is 3. The number of likely N-dealkylation sites (tertiary alicyclic amines) is 1. The molecule has 0 aromatic heterocycles. The maximum absolute atomic E-state index is 12.5. The molecule has 0 saturated carbocycles. The van der Waals surface area contributed by atoms with Crippen molar-refractivity contribution in [3.8, 4) is 5.75 Å². The fourth-order valence-electron chi connectivity index (χ4n) is 3.64. The number of rotatable bonds is 6. The number of benzene rings is 1. The molecule has 0 radical (unpaired) electrons. The predicted octanol–water partition coefficient (Wildman–Crippen LogP) is 1.71. The molecule has 2 heterocycles. The largest absolute Gasteiger partial charge is 0.491 e. The topological polar surface area (TPSA) is 65.1 Å². The Bertz CT molecular complexity index is 667. The zero-order chi connectivity index (χ0) is 19.9. The number of piperazine rings is 1. The summed E-state index contributed by atoms with van der Waals surface area (Å²) in [5, 5.41) is 3.01. The summed E-state index contributed by atoms with van der Waals surface area (Å²) in [6, 6.07) is 7.72. The molecule has 0 bridgehead atoms. The van der Waals surface area contributed by atoms with Crippen LogP contribution in [0.3, 0.4) is 0 Å². The summed E-state index contributed by atoms with van der Waals surface area (Å²) in [5.41, 5.74) is 1.08. The lowest BCUT2D eigenvalue weighted by molar-refractivity contribution is -0.131. The molecule has 3 amide bonds. The molecule has 2 aliphatic rings. The van der Waals surface area contributed by atoms with Gasteiger partial charge in [0.05, 0.1) is 12.6 Å². The molecule has 1 aromatic rings. The van der Waals surface area contributed by atoms with Gasteiger partial charge in [0.2, 0.25) is 5.91 Å². The van der Waals surface area contributed by atoms with Crippen molar-refractivity contribution in [3.63, 3.8) is 0 Å². The van der Waals surface area contributed by atoms with Gasteiger partial charge in [0.1, 0.15) is 12.4 Å². The smallest absolute Gasteiger partial charge is 0.317 e. The second-order valence-corrected chi connectivity index (χ2v) is 7.78. The molecule has 1 N–H and O–H groups in total. The van der Waals surface area contributed by atoms with Gasteiger partial charge in [-0.25, -0.2) is 4.79 Å². The number of ether oxygens (including phenoxy) is 1. The first kappa shape index (κ1) is 20.5. The lowest BCUT2D eigenvalue weighted by Gasteiger charge is -2.35. The van der Waals surface area contributed by atoms with Gasteiger partial charge >= 0.3 is 6.03 Å². The third kappa shape index (κ3) is 5.61. The van der Waals surface area contributed by atoms with Crippen LogP contribution in [0.4, 0.5) is 4.79 Å². The van der Waals surface area contributed by atoms with Gasteiger partial charge in [-0.05, 0) is 38.3 Å². The molecule has 2 fully saturated rings. The van der Waals surface area contributed by atoms with Crippen molar-refractivity contribution in [2.75, 3.05) is 52.4 Å². The number of urea groups is 1. The normalized spacial score (nSPS) is 18.8. The molecule has 1 aromatic carbocycles. The van der Waals surface area contributed by atoms with E-state index in [1.807, 2.05) is 47.9 Å². The van der Waals surface area contributed by atoms with Crippen LogP contribution in [-0.2, 0) is 4.79 Å². The van der Waals surface area contributed by atoms with Crippen LogP contribution in [0.2, 0.25) is 0 Å². The number of nitrogens with one attached hydrogen (secondary N) is 1. The highest BCUT2D eigenvalue weighted by molar-refractivity contribution is 5.78. The zero-order valence-electron chi connectivity index (χ0n) is 17.0. The van der Waals surface area contributed by atoms with E-state index in [0.717, 1.165) is 50.3 Å². The minimum absolute atomic E-state index is 0.0635. The van der Waals surface area contributed by atoms with E-state index >= 15 is 0 Å². The quantitative estimate of drug-likeness (QED) is 0.806. The van der Waals surface area contributed by atoms with Crippen molar-refractivity contribution in [3.05, 3.63) is 29.8 Å². The minimum Gasteiger partial charge on any atom is -0.491 e. The van der Waals surface area contributed by atoms with Crippen molar-refractivity contribution in [1.29, 1.82) is 0 Å². The Morgan fingerprint density at radius 1 is 1.04 bits per heavy atom. The van der Waals surface area contributed by atoms with E-state index < -0.39 is 0 Å². The van der Waals surface area contributed by atoms with Crippen LogP contribution in [0.5, 0.6) is 5.75 Å². The summed E-state index contributed by atoms with van der Waals surface area (Å²) in [6.45, 7) is 9.40. The molecular formula is C21H32N4O3. The number of para-hydroxylation sites is 1. The van der Waals surface area contributed by atoms with Crippen LogP contribution in [0.1, 0.15) is 25.3 Å². The molecule has 0 aliphatic carbocycles. The zero-order valence-corrected chi connectivity index (χ0v) is 17.0. The molecule has 154 valence electrons. The van der Waals surface area contributed by atoms with Gasteiger partial charge < -0.3 is 19.9 Å². The van der Waals surface area contributed by atoms with Crippen molar-refractivity contribution < 1.29 is 14.3 Å². The monoisotopic (exact) mass is 388 g/mol. The summed E-state index contributed by atoms with van der Waals surface area (Å²) in [4.78, 5) is 30.7. The van der Waals surface area contributed by atoms with Crippen LogP contribution < -0.4 is 10.1 Å². The van der Waals surface area contributed by atoms with Crippen LogP contribution in [0.25, 0.3) is 0 Å². The van der Waals surface area contributed by atoms with Gasteiger partial charge in [0.25, 0.3) is 0 Å². The molecule has 1 atom stereocenters. The summed E-state index contributed by atoms with van der Waals surface area (Å²) in [7, 11) is 0. The summed E-state index contributed by atoms with van der Waals surface area (Å²) in [5.74, 6) is 1.07.